The third-order valence-electron chi connectivity index (χ3n) is 8.21. The van der Waals surface area contributed by atoms with Gasteiger partial charge in [0.1, 0.15) is 12.1 Å². The Labute approximate surface area is 236 Å². The third-order valence-corrected chi connectivity index (χ3v) is 8.21. The Morgan fingerprint density at radius 2 is 0.976 bits per heavy atom. The van der Waals surface area contributed by atoms with Crippen LogP contribution in [0.25, 0.3) is 71.1 Å². The van der Waals surface area contributed by atoms with Crippen molar-refractivity contribution < 1.29 is 0 Å². The van der Waals surface area contributed by atoms with Crippen LogP contribution < -0.4 is 0 Å². The van der Waals surface area contributed by atoms with E-state index in [9.17, 15) is 10.5 Å². The maximum Gasteiger partial charge on any atom is 0.101 e. The van der Waals surface area contributed by atoms with E-state index in [2.05, 4.69) is 120 Å². The number of hydrogen-bond donors (Lipinski definition) is 0. The van der Waals surface area contributed by atoms with Crippen LogP contribution >= 0.6 is 0 Å². The van der Waals surface area contributed by atoms with Crippen LogP contribution in [0.2, 0.25) is 0 Å². The maximum absolute atomic E-state index is 10.1. The fourth-order valence-corrected chi connectivity index (χ4v) is 6.49. The van der Waals surface area contributed by atoms with Crippen molar-refractivity contribution in [2.24, 2.45) is 0 Å². The summed E-state index contributed by atoms with van der Waals surface area (Å²) in [6, 6.07) is 48.6. The molecule has 0 aliphatic rings. The highest BCUT2D eigenvalue weighted by Crippen LogP contribution is 2.46. The number of nitriles is 2. The van der Waals surface area contributed by atoms with E-state index >= 15 is 0 Å². The molecule has 0 bridgehead atoms. The van der Waals surface area contributed by atoms with Crippen LogP contribution in [0.1, 0.15) is 11.1 Å². The summed E-state index contributed by atoms with van der Waals surface area (Å²) in [5.74, 6) is 0. The molecule has 3 heteroatoms. The molecule has 6 aromatic carbocycles. The molecule has 0 fully saturated rings. The van der Waals surface area contributed by atoms with Crippen molar-refractivity contribution in [3.05, 3.63) is 139 Å². The van der Waals surface area contributed by atoms with Gasteiger partial charge in [-0.25, -0.2) is 0 Å². The van der Waals surface area contributed by atoms with E-state index in [-0.39, 0.29) is 0 Å². The lowest BCUT2D eigenvalue weighted by atomic mass is 9.90. The molecule has 0 spiro atoms. The highest BCUT2D eigenvalue weighted by molar-refractivity contribution is 6.36. The van der Waals surface area contributed by atoms with E-state index in [0.29, 0.717) is 11.1 Å². The van der Waals surface area contributed by atoms with Gasteiger partial charge in [0.15, 0.2) is 0 Å². The molecule has 0 saturated heterocycles. The fraction of sp³-hybridized carbons (Fsp3) is 0. The summed E-state index contributed by atoms with van der Waals surface area (Å²) in [5, 5.41) is 28.0. The lowest BCUT2D eigenvalue weighted by Gasteiger charge is -2.18. The zero-order valence-corrected chi connectivity index (χ0v) is 22.0. The summed E-state index contributed by atoms with van der Waals surface area (Å²) in [5.41, 5.74) is 7.13. The molecule has 2 heterocycles. The molecule has 0 unspecified atom stereocenters. The fourth-order valence-electron chi connectivity index (χ4n) is 6.49. The van der Waals surface area contributed by atoms with E-state index in [1.165, 1.54) is 10.8 Å². The molecule has 0 N–H and O–H groups in total. The van der Waals surface area contributed by atoms with Crippen LogP contribution in [0.4, 0.5) is 0 Å². The lowest BCUT2D eigenvalue weighted by molar-refractivity contribution is 1.28. The first-order chi connectivity index (χ1) is 20.3. The summed E-state index contributed by atoms with van der Waals surface area (Å²) in [7, 11) is 0. The van der Waals surface area contributed by atoms with Gasteiger partial charge in [0.25, 0.3) is 0 Å². The molecule has 0 amide bonds. The normalized spacial score (nSPS) is 11.4. The molecular weight excluding hydrogens is 498 g/mol. The summed E-state index contributed by atoms with van der Waals surface area (Å²) < 4.78 is 2.30. The van der Waals surface area contributed by atoms with E-state index in [1.54, 1.807) is 0 Å². The van der Waals surface area contributed by atoms with Crippen LogP contribution in [0.5, 0.6) is 0 Å². The minimum absolute atomic E-state index is 0.375. The standard InChI is InChI=1S/C38H21N3/c39-22-26-19-33-35(20-27(26)23-40)41-34(25-13-5-2-6-14-25)21-32(24-11-3-1-4-12-24)38(41)37-31-18-10-8-16-29(31)28-15-7-9-17-30(28)36(33)37/h1-21H. The Kier molecular flexibility index (Phi) is 4.95. The molecular formula is C38H21N3. The van der Waals surface area contributed by atoms with Gasteiger partial charge < -0.3 is 4.40 Å². The number of benzene rings is 6. The van der Waals surface area contributed by atoms with Gasteiger partial charge in [0.2, 0.25) is 0 Å². The number of hydrogen-bond acceptors (Lipinski definition) is 2. The van der Waals surface area contributed by atoms with E-state index in [0.717, 1.165) is 60.3 Å². The lowest BCUT2D eigenvalue weighted by Crippen LogP contribution is -1.98. The predicted octanol–water partition coefficient (Wildman–Crippen LogP) is 9.63. The quantitative estimate of drug-likeness (QED) is 0.214. The number of pyridine rings is 1. The van der Waals surface area contributed by atoms with Crippen molar-refractivity contribution in [3.63, 3.8) is 0 Å². The molecule has 0 aliphatic heterocycles. The zero-order valence-electron chi connectivity index (χ0n) is 22.0. The Hall–Kier alpha value is -5.90. The van der Waals surface area contributed by atoms with E-state index in [1.807, 2.05) is 24.3 Å². The maximum atomic E-state index is 10.1. The van der Waals surface area contributed by atoms with Crippen LogP contribution in [0, 0.1) is 22.7 Å². The van der Waals surface area contributed by atoms with Gasteiger partial charge in [0, 0.05) is 21.7 Å². The number of rotatable bonds is 2. The van der Waals surface area contributed by atoms with Crippen molar-refractivity contribution >= 4 is 48.7 Å². The minimum Gasteiger partial charge on any atom is -0.308 e. The first-order valence-electron chi connectivity index (χ1n) is 13.6. The summed E-state index contributed by atoms with van der Waals surface area (Å²) in [6.45, 7) is 0. The topological polar surface area (TPSA) is 52.0 Å². The van der Waals surface area contributed by atoms with Gasteiger partial charge in [-0.15, -0.1) is 0 Å². The van der Waals surface area contributed by atoms with Crippen molar-refractivity contribution in [3.8, 4) is 34.5 Å². The summed E-state index contributed by atoms with van der Waals surface area (Å²) in [6.07, 6.45) is 0. The molecule has 0 radical (unpaired) electrons. The van der Waals surface area contributed by atoms with Gasteiger partial charge in [-0.05, 0) is 50.9 Å². The molecule has 0 atom stereocenters. The Bertz CT molecular complexity index is 2420. The molecule has 188 valence electrons. The zero-order chi connectivity index (χ0) is 27.5. The van der Waals surface area contributed by atoms with E-state index in [4.69, 9.17) is 0 Å². The highest BCUT2D eigenvalue weighted by atomic mass is 14.9. The van der Waals surface area contributed by atoms with Crippen molar-refractivity contribution in [2.75, 3.05) is 0 Å². The predicted molar refractivity (Wildman–Crippen MR) is 168 cm³/mol. The molecule has 0 saturated carbocycles. The van der Waals surface area contributed by atoms with Gasteiger partial charge in [-0.3, -0.25) is 0 Å². The molecule has 3 nitrogen and oxygen atoms in total. The number of aromatic nitrogens is 1. The van der Waals surface area contributed by atoms with Gasteiger partial charge in [-0.1, -0.05) is 109 Å². The molecule has 2 aromatic heterocycles. The smallest absolute Gasteiger partial charge is 0.101 e. The first-order valence-corrected chi connectivity index (χ1v) is 13.6. The third kappa shape index (κ3) is 3.24. The van der Waals surface area contributed by atoms with Crippen LogP contribution in [-0.4, -0.2) is 4.40 Å². The van der Waals surface area contributed by atoms with Crippen molar-refractivity contribution in [1.29, 1.82) is 10.5 Å². The van der Waals surface area contributed by atoms with Crippen molar-refractivity contribution in [2.45, 2.75) is 0 Å². The molecule has 41 heavy (non-hydrogen) atoms. The average molecular weight is 520 g/mol. The SMILES string of the molecule is N#Cc1cc2c3c4ccccc4c4ccccc4c3c3c(-c4ccccc4)cc(-c4ccccc4)n3c2cc1C#N. The molecule has 0 aliphatic carbocycles. The largest absolute Gasteiger partial charge is 0.308 e. The van der Waals surface area contributed by atoms with Crippen LogP contribution in [-0.2, 0) is 0 Å². The van der Waals surface area contributed by atoms with Crippen molar-refractivity contribution in [1.82, 2.24) is 4.40 Å². The first kappa shape index (κ1) is 23.0. The summed E-state index contributed by atoms with van der Waals surface area (Å²) in [4.78, 5) is 0. The Morgan fingerprint density at radius 1 is 0.463 bits per heavy atom. The second-order valence-electron chi connectivity index (χ2n) is 10.3. The average Bonchev–Trinajstić information content (AvgIpc) is 3.45. The highest BCUT2D eigenvalue weighted by Gasteiger charge is 2.23. The molecule has 8 aromatic rings. The minimum atomic E-state index is 0.375. The molecule has 8 rings (SSSR count). The summed E-state index contributed by atoms with van der Waals surface area (Å²) >= 11 is 0. The van der Waals surface area contributed by atoms with Gasteiger partial charge >= 0.3 is 0 Å². The van der Waals surface area contributed by atoms with Gasteiger partial charge in [0.05, 0.1) is 27.9 Å². The van der Waals surface area contributed by atoms with Crippen LogP contribution in [0.15, 0.2) is 127 Å². The van der Waals surface area contributed by atoms with Crippen LogP contribution in [0.3, 0.4) is 0 Å². The van der Waals surface area contributed by atoms with Gasteiger partial charge in [-0.2, -0.15) is 10.5 Å². The number of nitrogens with zero attached hydrogens (tertiary/aromatic N) is 3. The van der Waals surface area contributed by atoms with E-state index < -0.39 is 0 Å². The second-order valence-corrected chi connectivity index (χ2v) is 10.3. The Morgan fingerprint density at radius 3 is 1.59 bits per heavy atom. The number of fused-ring (bicyclic) bond motifs is 11. The Balaban J connectivity index is 1.78. The second kappa shape index (κ2) is 8.82. The monoisotopic (exact) mass is 519 g/mol.